The molecule has 4 aromatic rings. The molecule has 1 heterocycles. The molecule has 8 heteroatoms. The van der Waals surface area contributed by atoms with Crippen LogP contribution in [0.15, 0.2) is 77.7 Å². The van der Waals surface area contributed by atoms with E-state index >= 15 is 0 Å². The first kappa shape index (κ1) is 21.0. The summed E-state index contributed by atoms with van der Waals surface area (Å²) in [5.74, 6) is -0.272. The molecule has 31 heavy (non-hydrogen) atoms. The number of amides is 1. The zero-order valence-electron chi connectivity index (χ0n) is 17.1. The number of sulfonamides is 1. The number of carbonyl (C=O) groups is 1. The predicted octanol–water partition coefficient (Wildman–Crippen LogP) is 4.68. The second-order valence-electron chi connectivity index (χ2n) is 7.24. The Bertz CT molecular complexity index is 1310. The molecule has 3 aromatic carbocycles. The maximum absolute atomic E-state index is 12.9. The molecule has 1 amide bonds. The van der Waals surface area contributed by atoms with E-state index in [4.69, 9.17) is 0 Å². The van der Waals surface area contributed by atoms with Crippen molar-refractivity contribution >= 4 is 43.2 Å². The molecule has 4 rings (SSSR count). The molecule has 0 aliphatic carbocycles. The van der Waals surface area contributed by atoms with E-state index in [1.165, 1.54) is 28.4 Å². The van der Waals surface area contributed by atoms with E-state index in [9.17, 15) is 13.2 Å². The van der Waals surface area contributed by atoms with Gasteiger partial charge in [0.05, 0.1) is 21.7 Å². The van der Waals surface area contributed by atoms with E-state index in [0.29, 0.717) is 17.8 Å². The largest absolute Gasteiger partial charge is 0.335 e. The molecule has 0 saturated heterocycles. The van der Waals surface area contributed by atoms with Crippen molar-refractivity contribution in [3.63, 3.8) is 0 Å². The van der Waals surface area contributed by atoms with Crippen LogP contribution in [-0.2, 0) is 16.6 Å². The lowest BCUT2D eigenvalue weighted by Gasteiger charge is -2.16. The van der Waals surface area contributed by atoms with Crippen molar-refractivity contribution < 1.29 is 13.2 Å². The van der Waals surface area contributed by atoms with Gasteiger partial charge in [0.15, 0.2) is 0 Å². The van der Waals surface area contributed by atoms with Crippen LogP contribution >= 0.6 is 11.3 Å². The number of rotatable bonds is 6. The molecule has 0 spiro atoms. The quantitative estimate of drug-likeness (QED) is 0.462. The Hall–Kier alpha value is -3.23. The smallest absolute Gasteiger partial charge is 0.261 e. The standard InChI is InChI=1S/C23H21N3O3S2/c1-16-10-12-18(13-11-16)25-31(28,29)19-7-5-6-17(14-19)23(27)26(2)15-22-24-20-8-3-4-9-21(20)30-22/h3-14,25H,15H2,1-2H3. The number of nitrogens with one attached hydrogen (secondary N) is 1. The molecule has 0 aliphatic heterocycles. The van der Waals surface area contributed by atoms with Gasteiger partial charge in [-0.2, -0.15) is 0 Å². The van der Waals surface area contributed by atoms with Gasteiger partial charge < -0.3 is 4.90 Å². The Kier molecular flexibility index (Phi) is 5.75. The van der Waals surface area contributed by atoms with Gasteiger partial charge in [0, 0.05) is 18.3 Å². The van der Waals surface area contributed by atoms with Gasteiger partial charge in [-0.25, -0.2) is 13.4 Å². The molecule has 0 saturated carbocycles. The van der Waals surface area contributed by atoms with Gasteiger partial charge in [-0.05, 0) is 49.4 Å². The summed E-state index contributed by atoms with van der Waals surface area (Å²) >= 11 is 1.54. The van der Waals surface area contributed by atoms with Crippen molar-refractivity contribution in [3.05, 3.63) is 88.9 Å². The van der Waals surface area contributed by atoms with Gasteiger partial charge in [0.1, 0.15) is 5.01 Å². The number of hydrogen-bond acceptors (Lipinski definition) is 5. The molecule has 0 radical (unpaired) electrons. The van der Waals surface area contributed by atoms with Gasteiger partial charge in [-0.15, -0.1) is 11.3 Å². The number of carbonyl (C=O) groups excluding carboxylic acids is 1. The van der Waals surface area contributed by atoms with Crippen molar-refractivity contribution in [3.8, 4) is 0 Å². The fraction of sp³-hybridized carbons (Fsp3) is 0.130. The van der Waals surface area contributed by atoms with Crippen LogP contribution in [0.25, 0.3) is 10.2 Å². The highest BCUT2D eigenvalue weighted by Gasteiger charge is 2.19. The number of benzene rings is 3. The maximum atomic E-state index is 12.9. The van der Waals surface area contributed by atoms with Gasteiger partial charge in [0.25, 0.3) is 15.9 Å². The summed E-state index contributed by atoms with van der Waals surface area (Å²) in [5, 5.41) is 0.821. The van der Waals surface area contributed by atoms with Crippen LogP contribution in [-0.4, -0.2) is 31.3 Å². The third kappa shape index (κ3) is 4.76. The van der Waals surface area contributed by atoms with Gasteiger partial charge in [-0.3, -0.25) is 9.52 Å². The van der Waals surface area contributed by atoms with Gasteiger partial charge in [0.2, 0.25) is 0 Å². The Balaban J connectivity index is 1.52. The predicted molar refractivity (Wildman–Crippen MR) is 124 cm³/mol. The summed E-state index contributed by atoms with van der Waals surface area (Å²) in [4.78, 5) is 19.1. The SMILES string of the molecule is Cc1ccc(NS(=O)(=O)c2cccc(C(=O)N(C)Cc3nc4ccccc4s3)c2)cc1. The molecule has 0 atom stereocenters. The summed E-state index contributed by atoms with van der Waals surface area (Å²) in [7, 11) is -2.13. The molecular formula is C23H21N3O3S2. The van der Waals surface area contributed by atoms with Crippen molar-refractivity contribution in [2.75, 3.05) is 11.8 Å². The second kappa shape index (κ2) is 8.49. The Morgan fingerprint density at radius 1 is 1.03 bits per heavy atom. The topological polar surface area (TPSA) is 79.4 Å². The van der Waals surface area contributed by atoms with Crippen LogP contribution in [0.4, 0.5) is 5.69 Å². The third-order valence-electron chi connectivity index (χ3n) is 4.75. The van der Waals surface area contributed by atoms with Crippen LogP contribution in [0.3, 0.4) is 0 Å². The number of hydrogen-bond donors (Lipinski definition) is 1. The highest BCUT2D eigenvalue weighted by Crippen LogP contribution is 2.23. The number of fused-ring (bicyclic) bond motifs is 1. The summed E-state index contributed by atoms with van der Waals surface area (Å²) in [5.41, 5.74) is 2.70. The molecule has 0 fully saturated rings. The average molecular weight is 452 g/mol. The van der Waals surface area contributed by atoms with E-state index in [1.54, 1.807) is 31.3 Å². The first-order chi connectivity index (χ1) is 14.8. The van der Waals surface area contributed by atoms with E-state index in [1.807, 2.05) is 43.3 Å². The minimum absolute atomic E-state index is 0.0345. The zero-order chi connectivity index (χ0) is 22.0. The molecule has 0 aliphatic rings. The molecule has 1 aromatic heterocycles. The molecule has 0 bridgehead atoms. The minimum atomic E-state index is -3.82. The fourth-order valence-corrected chi connectivity index (χ4v) is 5.24. The average Bonchev–Trinajstić information content (AvgIpc) is 3.17. The zero-order valence-corrected chi connectivity index (χ0v) is 18.7. The van der Waals surface area contributed by atoms with Crippen molar-refractivity contribution in [2.45, 2.75) is 18.4 Å². The van der Waals surface area contributed by atoms with Crippen LogP contribution in [0.2, 0.25) is 0 Å². The van der Waals surface area contributed by atoms with E-state index in [-0.39, 0.29) is 10.8 Å². The van der Waals surface area contributed by atoms with Crippen LogP contribution < -0.4 is 4.72 Å². The number of anilines is 1. The highest BCUT2D eigenvalue weighted by molar-refractivity contribution is 7.92. The summed E-state index contributed by atoms with van der Waals surface area (Å²) in [6, 6.07) is 20.9. The summed E-state index contributed by atoms with van der Waals surface area (Å²) in [6.45, 7) is 2.27. The molecule has 0 unspecified atom stereocenters. The minimum Gasteiger partial charge on any atom is -0.335 e. The van der Waals surface area contributed by atoms with Gasteiger partial charge in [-0.1, -0.05) is 35.9 Å². The number of nitrogens with zero attached hydrogens (tertiary/aromatic N) is 2. The summed E-state index contributed by atoms with van der Waals surface area (Å²) < 4.78 is 29.2. The normalized spacial score (nSPS) is 11.4. The van der Waals surface area contributed by atoms with Crippen molar-refractivity contribution in [1.29, 1.82) is 0 Å². The van der Waals surface area contributed by atoms with E-state index < -0.39 is 10.0 Å². The Labute approximate surface area is 185 Å². The molecular weight excluding hydrogens is 430 g/mol. The van der Waals surface area contributed by atoms with E-state index in [0.717, 1.165) is 20.8 Å². The Morgan fingerprint density at radius 3 is 2.52 bits per heavy atom. The number of aryl methyl sites for hydroxylation is 1. The number of aromatic nitrogens is 1. The first-order valence-electron chi connectivity index (χ1n) is 9.61. The van der Waals surface area contributed by atoms with Crippen LogP contribution in [0.1, 0.15) is 20.9 Å². The number of thiazole rings is 1. The lowest BCUT2D eigenvalue weighted by atomic mass is 10.2. The van der Waals surface area contributed by atoms with Crippen LogP contribution in [0, 0.1) is 6.92 Å². The van der Waals surface area contributed by atoms with Crippen molar-refractivity contribution in [2.24, 2.45) is 0 Å². The monoisotopic (exact) mass is 451 g/mol. The fourth-order valence-electron chi connectivity index (χ4n) is 3.11. The molecule has 158 valence electrons. The third-order valence-corrected chi connectivity index (χ3v) is 7.15. The molecule has 1 N–H and O–H groups in total. The molecule has 6 nitrogen and oxygen atoms in total. The number of para-hydroxylation sites is 1. The van der Waals surface area contributed by atoms with Gasteiger partial charge >= 0.3 is 0 Å². The maximum Gasteiger partial charge on any atom is 0.261 e. The second-order valence-corrected chi connectivity index (χ2v) is 10.0. The lowest BCUT2D eigenvalue weighted by Crippen LogP contribution is -2.26. The Morgan fingerprint density at radius 2 is 1.77 bits per heavy atom. The highest BCUT2D eigenvalue weighted by atomic mass is 32.2. The van der Waals surface area contributed by atoms with E-state index in [2.05, 4.69) is 9.71 Å². The van der Waals surface area contributed by atoms with Crippen LogP contribution in [0.5, 0.6) is 0 Å². The lowest BCUT2D eigenvalue weighted by molar-refractivity contribution is 0.0785. The summed E-state index contributed by atoms with van der Waals surface area (Å²) in [6.07, 6.45) is 0. The van der Waals surface area contributed by atoms with Crippen molar-refractivity contribution in [1.82, 2.24) is 9.88 Å². The first-order valence-corrected chi connectivity index (χ1v) is 11.9.